The Morgan fingerprint density at radius 2 is 1.88 bits per heavy atom. The first-order valence-electron chi connectivity index (χ1n) is 7.76. The van der Waals surface area contributed by atoms with Crippen molar-refractivity contribution in [3.63, 3.8) is 0 Å². The molecule has 2 aromatic rings. The van der Waals surface area contributed by atoms with Crippen LogP contribution in [-0.4, -0.2) is 39.5 Å². The largest absolute Gasteiger partial charge is 0.496 e. The molecule has 1 heterocycles. The maximum absolute atomic E-state index is 14.1. The van der Waals surface area contributed by atoms with E-state index in [2.05, 4.69) is 5.32 Å². The van der Waals surface area contributed by atoms with Gasteiger partial charge in [0.05, 0.1) is 13.2 Å². The summed E-state index contributed by atoms with van der Waals surface area (Å²) < 4.78 is 60.1. The zero-order valence-corrected chi connectivity index (χ0v) is 15.6. The highest BCUT2D eigenvalue weighted by Gasteiger charge is 2.37. The molecule has 26 heavy (non-hydrogen) atoms. The molecule has 0 amide bonds. The van der Waals surface area contributed by atoms with Gasteiger partial charge in [-0.25, -0.2) is 17.2 Å². The molecule has 142 valence electrons. The minimum atomic E-state index is -4.21. The molecule has 0 saturated carbocycles. The van der Waals surface area contributed by atoms with Crippen LogP contribution < -0.4 is 10.1 Å². The highest BCUT2D eigenvalue weighted by atomic mass is 35.5. The van der Waals surface area contributed by atoms with E-state index in [4.69, 9.17) is 4.74 Å². The van der Waals surface area contributed by atoms with E-state index >= 15 is 0 Å². The first-order chi connectivity index (χ1) is 12.0. The van der Waals surface area contributed by atoms with Crippen molar-refractivity contribution in [3.8, 4) is 5.75 Å². The third-order valence-corrected chi connectivity index (χ3v) is 6.12. The Labute approximate surface area is 157 Å². The van der Waals surface area contributed by atoms with Gasteiger partial charge in [0.2, 0.25) is 10.0 Å². The molecule has 9 heteroatoms. The summed E-state index contributed by atoms with van der Waals surface area (Å²) in [4.78, 5) is -0.658. The fourth-order valence-electron chi connectivity index (χ4n) is 2.99. The van der Waals surface area contributed by atoms with Gasteiger partial charge in [0.25, 0.3) is 0 Å². The molecular formula is C17H19ClF2N2O3S. The van der Waals surface area contributed by atoms with Gasteiger partial charge in [-0.3, -0.25) is 0 Å². The third-order valence-electron chi connectivity index (χ3n) is 4.20. The second-order valence-electron chi connectivity index (χ2n) is 5.63. The number of sulfonamides is 1. The second kappa shape index (κ2) is 8.30. The molecule has 0 radical (unpaired) electrons. The van der Waals surface area contributed by atoms with Crippen molar-refractivity contribution in [1.29, 1.82) is 0 Å². The van der Waals surface area contributed by atoms with E-state index in [1.807, 2.05) is 0 Å². The van der Waals surface area contributed by atoms with Crippen LogP contribution in [0.2, 0.25) is 0 Å². The number of nitrogens with zero attached hydrogens (tertiary/aromatic N) is 1. The maximum Gasteiger partial charge on any atom is 0.246 e. The smallest absolute Gasteiger partial charge is 0.246 e. The summed E-state index contributed by atoms with van der Waals surface area (Å²) in [6.45, 7) is 0.902. The van der Waals surface area contributed by atoms with E-state index in [9.17, 15) is 17.2 Å². The fraction of sp³-hybridized carbons (Fsp3) is 0.294. The summed E-state index contributed by atoms with van der Waals surface area (Å²) >= 11 is 0. The Balaban J connectivity index is 0.00000243. The average Bonchev–Trinajstić information content (AvgIpc) is 2.63. The SMILES string of the molecule is COc1ccccc1C1CNCCN1S(=O)(=O)c1cccc(F)c1F.Cl. The van der Waals surface area contributed by atoms with Crippen molar-refractivity contribution < 1.29 is 21.9 Å². The Kier molecular flexibility index (Phi) is 6.57. The normalized spacial score (nSPS) is 18.2. The minimum absolute atomic E-state index is 0. The lowest BCUT2D eigenvalue weighted by atomic mass is 10.0. The summed E-state index contributed by atoms with van der Waals surface area (Å²) in [7, 11) is -2.71. The Morgan fingerprint density at radius 1 is 1.15 bits per heavy atom. The predicted octanol–water partition coefficient (Wildman–Crippen LogP) is 2.73. The number of halogens is 3. The number of ether oxygens (including phenoxy) is 1. The monoisotopic (exact) mass is 404 g/mol. The topological polar surface area (TPSA) is 58.6 Å². The lowest BCUT2D eigenvalue weighted by Gasteiger charge is -2.36. The number of rotatable bonds is 4. The molecule has 1 unspecified atom stereocenters. The number of para-hydroxylation sites is 1. The highest BCUT2D eigenvalue weighted by molar-refractivity contribution is 7.89. The molecule has 1 saturated heterocycles. The Bertz CT molecular complexity index is 880. The van der Waals surface area contributed by atoms with Crippen molar-refractivity contribution >= 4 is 22.4 Å². The summed E-state index contributed by atoms with van der Waals surface area (Å²) in [6, 6.07) is 9.63. The minimum Gasteiger partial charge on any atom is -0.496 e. The van der Waals surface area contributed by atoms with Gasteiger partial charge in [0.15, 0.2) is 11.6 Å². The van der Waals surface area contributed by atoms with Gasteiger partial charge in [-0.05, 0) is 18.2 Å². The van der Waals surface area contributed by atoms with E-state index in [0.717, 1.165) is 12.1 Å². The molecule has 1 N–H and O–H groups in total. The zero-order chi connectivity index (χ0) is 18.0. The molecule has 0 bridgehead atoms. The number of methoxy groups -OCH3 is 1. The van der Waals surface area contributed by atoms with Crippen LogP contribution >= 0.6 is 12.4 Å². The van der Waals surface area contributed by atoms with Crippen LogP contribution in [0.5, 0.6) is 5.75 Å². The molecule has 1 aliphatic rings. The van der Waals surface area contributed by atoms with Crippen molar-refractivity contribution in [1.82, 2.24) is 9.62 Å². The molecule has 2 aromatic carbocycles. The Morgan fingerprint density at radius 3 is 2.62 bits per heavy atom. The van der Waals surface area contributed by atoms with E-state index in [-0.39, 0.29) is 19.0 Å². The molecule has 1 fully saturated rings. The van der Waals surface area contributed by atoms with Gasteiger partial charge in [-0.1, -0.05) is 24.3 Å². The molecule has 0 aromatic heterocycles. The summed E-state index contributed by atoms with van der Waals surface area (Å²) in [5, 5.41) is 3.13. The van der Waals surface area contributed by atoms with Crippen LogP contribution in [0.3, 0.4) is 0 Å². The molecule has 1 aliphatic heterocycles. The molecule has 3 rings (SSSR count). The van der Waals surface area contributed by atoms with E-state index in [1.165, 1.54) is 17.5 Å². The van der Waals surface area contributed by atoms with Crippen LogP contribution in [0.1, 0.15) is 11.6 Å². The number of benzene rings is 2. The fourth-order valence-corrected chi connectivity index (χ4v) is 4.67. The Hall–Kier alpha value is -1.74. The maximum atomic E-state index is 14.1. The standard InChI is InChI=1S/C17H18F2N2O3S.ClH/c1-24-15-7-3-2-5-12(15)14-11-20-9-10-21(14)25(22,23)16-8-4-6-13(18)17(16)19;/h2-8,14,20H,9-11H2,1H3;1H. The van der Waals surface area contributed by atoms with Gasteiger partial charge >= 0.3 is 0 Å². The summed E-state index contributed by atoms with van der Waals surface area (Å²) in [5.41, 5.74) is 0.664. The van der Waals surface area contributed by atoms with E-state index in [0.29, 0.717) is 24.4 Å². The first kappa shape index (κ1) is 20.6. The van der Waals surface area contributed by atoms with Crippen LogP contribution in [-0.2, 0) is 10.0 Å². The highest BCUT2D eigenvalue weighted by Crippen LogP contribution is 2.34. The third kappa shape index (κ3) is 3.68. The van der Waals surface area contributed by atoms with Crippen LogP contribution in [0.4, 0.5) is 8.78 Å². The molecular weight excluding hydrogens is 386 g/mol. The van der Waals surface area contributed by atoms with Crippen molar-refractivity contribution in [2.24, 2.45) is 0 Å². The second-order valence-corrected chi connectivity index (χ2v) is 7.49. The predicted molar refractivity (Wildman–Crippen MR) is 96.1 cm³/mol. The van der Waals surface area contributed by atoms with Gasteiger partial charge in [0.1, 0.15) is 10.6 Å². The van der Waals surface area contributed by atoms with Gasteiger partial charge < -0.3 is 10.1 Å². The summed E-state index contributed by atoms with van der Waals surface area (Å²) in [5.74, 6) is -2.01. The molecule has 5 nitrogen and oxygen atoms in total. The lowest BCUT2D eigenvalue weighted by molar-refractivity contribution is 0.263. The van der Waals surface area contributed by atoms with Crippen molar-refractivity contribution in [2.45, 2.75) is 10.9 Å². The van der Waals surface area contributed by atoms with Gasteiger partial charge in [-0.15, -0.1) is 12.4 Å². The quantitative estimate of drug-likeness (QED) is 0.851. The number of piperazine rings is 1. The summed E-state index contributed by atoms with van der Waals surface area (Å²) in [6.07, 6.45) is 0. The molecule has 0 spiro atoms. The van der Waals surface area contributed by atoms with Gasteiger partial charge in [-0.2, -0.15) is 4.31 Å². The number of hydrogen-bond acceptors (Lipinski definition) is 4. The van der Waals surface area contributed by atoms with Crippen LogP contribution in [0.15, 0.2) is 47.4 Å². The zero-order valence-electron chi connectivity index (χ0n) is 14.0. The average molecular weight is 405 g/mol. The van der Waals surface area contributed by atoms with Gasteiger partial charge in [0, 0.05) is 25.2 Å². The van der Waals surface area contributed by atoms with E-state index < -0.39 is 32.6 Å². The van der Waals surface area contributed by atoms with Crippen molar-refractivity contribution in [2.75, 3.05) is 26.7 Å². The van der Waals surface area contributed by atoms with Crippen LogP contribution in [0, 0.1) is 11.6 Å². The van der Waals surface area contributed by atoms with Crippen molar-refractivity contribution in [3.05, 3.63) is 59.7 Å². The number of hydrogen-bond donors (Lipinski definition) is 1. The molecule has 1 atom stereocenters. The molecule has 0 aliphatic carbocycles. The lowest BCUT2D eigenvalue weighted by Crippen LogP contribution is -2.48. The first-order valence-corrected chi connectivity index (χ1v) is 9.20. The number of nitrogens with one attached hydrogen (secondary N) is 1. The van der Waals surface area contributed by atoms with Crippen LogP contribution in [0.25, 0.3) is 0 Å². The van der Waals surface area contributed by atoms with E-state index in [1.54, 1.807) is 24.3 Å².